The molecule has 0 heterocycles. The first-order valence-corrected chi connectivity index (χ1v) is 6.13. The van der Waals surface area contributed by atoms with Crippen LogP contribution in [0.15, 0.2) is 18.2 Å². The molecular formula is C14H19F2NO2. The molecule has 2 N–H and O–H groups in total. The van der Waals surface area contributed by atoms with E-state index in [-0.39, 0.29) is 17.5 Å². The Morgan fingerprint density at radius 2 is 1.95 bits per heavy atom. The third-order valence-corrected chi connectivity index (χ3v) is 2.88. The Labute approximate surface area is 111 Å². The third kappa shape index (κ3) is 4.59. The molecule has 0 aromatic heterocycles. The molecule has 0 aliphatic carbocycles. The minimum Gasteiger partial charge on any atom is -0.393 e. The van der Waals surface area contributed by atoms with E-state index < -0.39 is 23.6 Å². The van der Waals surface area contributed by atoms with Crippen molar-refractivity contribution in [3.63, 3.8) is 0 Å². The average Bonchev–Trinajstić information content (AvgIpc) is 2.31. The zero-order chi connectivity index (χ0) is 14.6. The molecular weight excluding hydrogens is 252 g/mol. The highest BCUT2D eigenvalue weighted by atomic mass is 19.2. The van der Waals surface area contributed by atoms with Crippen LogP contribution in [0.25, 0.3) is 0 Å². The smallest absolute Gasteiger partial charge is 0.251 e. The van der Waals surface area contributed by atoms with E-state index in [2.05, 4.69) is 5.32 Å². The van der Waals surface area contributed by atoms with Crippen molar-refractivity contribution in [2.75, 3.05) is 6.54 Å². The van der Waals surface area contributed by atoms with Crippen molar-refractivity contribution in [3.8, 4) is 0 Å². The fraction of sp³-hybridized carbons (Fsp3) is 0.500. The van der Waals surface area contributed by atoms with Crippen LogP contribution in [0.1, 0.15) is 37.6 Å². The first-order chi connectivity index (χ1) is 8.71. The fourth-order valence-electron chi connectivity index (χ4n) is 1.49. The number of halogens is 2. The Morgan fingerprint density at radius 3 is 2.47 bits per heavy atom. The Bertz CT molecular complexity index is 455. The number of hydrogen-bond donors (Lipinski definition) is 2. The molecule has 19 heavy (non-hydrogen) atoms. The molecule has 1 atom stereocenters. The summed E-state index contributed by atoms with van der Waals surface area (Å²) in [6.07, 6.45) is -0.142. The van der Waals surface area contributed by atoms with Gasteiger partial charge in [-0.1, -0.05) is 20.8 Å². The Morgan fingerprint density at radius 1 is 1.32 bits per heavy atom. The standard InChI is InChI=1S/C14H19F2NO2/c1-14(2,3)12(18)6-7-17-13(19)9-4-5-10(15)11(16)8-9/h4-5,8,12,18H,6-7H2,1-3H3,(H,17,19)/t12-/m1/s1. The number of nitrogens with one attached hydrogen (secondary N) is 1. The summed E-state index contributed by atoms with van der Waals surface area (Å²) in [7, 11) is 0. The van der Waals surface area contributed by atoms with Gasteiger partial charge in [-0.05, 0) is 30.0 Å². The summed E-state index contributed by atoms with van der Waals surface area (Å²) in [6.45, 7) is 5.97. The van der Waals surface area contributed by atoms with Gasteiger partial charge < -0.3 is 10.4 Å². The molecule has 1 rings (SSSR count). The fourth-order valence-corrected chi connectivity index (χ4v) is 1.49. The molecule has 5 heteroatoms. The molecule has 0 saturated heterocycles. The summed E-state index contributed by atoms with van der Waals surface area (Å²) in [5.74, 6) is -2.53. The number of aliphatic hydroxyl groups excluding tert-OH is 1. The van der Waals surface area contributed by atoms with E-state index in [0.717, 1.165) is 12.1 Å². The molecule has 1 amide bonds. The van der Waals surface area contributed by atoms with Gasteiger partial charge in [-0.2, -0.15) is 0 Å². The molecule has 0 aliphatic heterocycles. The van der Waals surface area contributed by atoms with Gasteiger partial charge in [0, 0.05) is 12.1 Å². The number of rotatable bonds is 4. The summed E-state index contributed by atoms with van der Waals surface area (Å²) in [6, 6.07) is 2.98. The van der Waals surface area contributed by atoms with E-state index >= 15 is 0 Å². The van der Waals surface area contributed by atoms with Crippen LogP contribution in [0.2, 0.25) is 0 Å². The molecule has 0 unspecified atom stereocenters. The Balaban J connectivity index is 2.50. The number of hydrogen-bond acceptors (Lipinski definition) is 2. The van der Waals surface area contributed by atoms with Crippen molar-refractivity contribution in [2.45, 2.75) is 33.3 Å². The number of carbonyl (C=O) groups excluding carboxylic acids is 1. The normalized spacial score (nSPS) is 13.2. The topological polar surface area (TPSA) is 49.3 Å². The van der Waals surface area contributed by atoms with Crippen LogP contribution in [-0.4, -0.2) is 23.7 Å². The lowest BCUT2D eigenvalue weighted by molar-refractivity contribution is 0.0551. The van der Waals surface area contributed by atoms with Crippen LogP contribution in [0, 0.1) is 17.0 Å². The molecule has 0 aliphatic rings. The van der Waals surface area contributed by atoms with Gasteiger partial charge >= 0.3 is 0 Å². The highest BCUT2D eigenvalue weighted by Gasteiger charge is 2.21. The molecule has 0 fully saturated rings. The molecule has 106 valence electrons. The molecule has 1 aromatic rings. The summed E-state index contributed by atoms with van der Waals surface area (Å²) in [5.41, 5.74) is -0.198. The molecule has 3 nitrogen and oxygen atoms in total. The predicted molar refractivity (Wildman–Crippen MR) is 68.8 cm³/mol. The summed E-state index contributed by atoms with van der Waals surface area (Å²) in [4.78, 5) is 11.7. The van der Waals surface area contributed by atoms with E-state index in [9.17, 15) is 18.7 Å². The Hall–Kier alpha value is -1.49. The van der Waals surface area contributed by atoms with Crippen LogP contribution in [0.4, 0.5) is 8.78 Å². The number of carbonyl (C=O) groups is 1. The van der Waals surface area contributed by atoms with E-state index in [1.54, 1.807) is 0 Å². The van der Waals surface area contributed by atoms with E-state index in [4.69, 9.17) is 0 Å². The molecule has 0 bridgehead atoms. The van der Waals surface area contributed by atoms with Gasteiger partial charge in [0.05, 0.1) is 6.10 Å². The first-order valence-electron chi connectivity index (χ1n) is 6.13. The van der Waals surface area contributed by atoms with Gasteiger partial charge in [0.1, 0.15) is 0 Å². The van der Waals surface area contributed by atoms with Crippen molar-refractivity contribution in [1.29, 1.82) is 0 Å². The lowest BCUT2D eigenvalue weighted by Crippen LogP contribution is -2.32. The lowest BCUT2D eigenvalue weighted by Gasteiger charge is -2.25. The van der Waals surface area contributed by atoms with Crippen molar-refractivity contribution >= 4 is 5.91 Å². The molecule has 1 aromatic carbocycles. The zero-order valence-corrected chi connectivity index (χ0v) is 11.3. The highest BCUT2D eigenvalue weighted by molar-refractivity contribution is 5.94. The maximum absolute atomic E-state index is 13.0. The second-order valence-corrected chi connectivity index (χ2v) is 5.56. The van der Waals surface area contributed by atoms with Crippen LogP contribution in [-0.2, 0) is 0 Å². The minimum atomic E-state index is -1.05. The van der Waals surface area contributed by atoms with Crippen molar-refractivity contribution in [2.24, 2.45) is 5.41 Å². The van der Waals surface area contributed by atoms with Gasteiger partial charge in [-0.15, -0.1) is 0 Å². The van der Waals surface area contributed by atoms with Gasteiger partial charge in [0.2, 0.25) is 0 Å². The second-order valence-electron chi connectivity index (χ2n) is 5.56. The van der Waals surface area contributed by atoms with Gasteiger partial charge in [-0.25, -0.2) is 8.78 Å². The van der Waals surface area contributed by atoms with Crippen LogP contribution in [0.5, 0.6) is 0 Å². The zero-order valence-electron chi connectivity index (χ0n) is 11.3. The molecule has 0 spiro atoms. The first kappa shape index (κ1) is 15.6. The van der Waals surface area contributed by atoms with E-state index in [1.165, 1.54) is 6.07 Å². The number of benzene rings is 1. The van der Waals surface area contributed by atoms with Crippen molar-refractivity contribution in [3.05, 3.63) is 35.4 Å². The van der Waals surface area contributed by atoms with E-state index in [1.807, 2.05) is 20.8 Å². The monoisotopic (exact) mass is 271 g/mol. The van der Waals surface area contributed by atoms with Crippen molar-refractivity contribution < 1.29 is 18.7 Å². The summed E-state index contributed by atoms with van der Waals surface area (Å²) in [5, 5.41) is 12.3. The summed E-state index contributed by atoms with van der Waals surface area (Å²) < 4.78 is 25.7. The van der Waals surface area contributed by atoms with Gasteiger partial charge in [0.25, 0.3) is 5.91 Å². The second kappa shape index (κ2) is 6.10. The molecule has 0 saturated carbocycles. The summed E-state index contributed by atoms with van der Waals surface area (Å²) >= 11 is 0. The minimum absolute atomic E-state index is 0.0594. The maximum Gasteiger partial charge on any atom is 0.251 e. The third-order valence-electron chi connectivity index (χ3n) is 2.88. The quantitative estimate of drug-likeness (QED) is 0.884. The lowest BCUT2D eigenvalue weighted by atomic mass is 9.87. The maximum atomic E-state index is 13.0. The largest absolute Gasteiger partial charge is 0.393 e. The van der Waals surface area contributed by atoms with Crippen molar-refractivity contribution in [1.82, 2.24) is 5.32 Å². The SMILES string of the molecule is CC(C)(C)[C@H](O)CCNC(=O)c1ccc(F)c(F)c1. The van der Waals surface area contributed by atoms with Crippen LogP contribution in [0.3, 0.4) is 0 Å². The van der Waals surface area contributed by atoms with Gasteiger partial charge in [-0.3, -0.25) is 4.79 Å². The average molecular weight is 271 g/mol. The van der Waals surface area contributed by atoms with Gasteiger partial charge in [0.15, 0.2) is 11.6 Å². The van der Waals surface area contributed by atoms with E-state index in [0.29, 0.717) is 6.42 Å². The number of aliphatic hydroxyl groups is 1. The molecule has 0 radical (unpaired) electrons. The number of amides is 1. The van der Waals surface area contributed by atoms with Crippen LogP contribution < -0.4 is 5.32 Å². The Kier molecular flexibility index (Phi) is 5.00. The predicted octanol–water partition coefficient (Wildman–Crippen LogP) is 2.49. The van der Waals surface area contributed by atoms with Crippen LogP contribution >= 0.6 is 0 Å². The highest BCUT2D eigenvalue weighted by Crippen LogP contribution is 2.21.